The van der Waals surface area contributed by atoms with Crippen LogP contribution in [0.3, 0.4) is 0 Å². The molecule has 166 valence electrons. The molecule has 1 aliphatic rings. The van der Waals surface area contributed by atoms with E-state index in [0.717, 1.165) is 5.56 Å². The fourth-order valence-corrected chi connectivity index (χ4v) is 3.72. The highest BCUT2D eigenvalue weighted by molar-refractivity contribution is 5.78. The van der Waals surface area contributed by atoms with Crippen molar-refractivity contribution in [2.75, 3.05) is 0 Å². The van der Waals surface area contributed by atoms with E-state index < -0.39 is 29.9 Å². The lowest BCUT2D eigenvalue weighted by Crippen LogP contribution is -2.56. The largest absolute Gasteiger partial charge is 0.478 e. The summed E-state index contributed by atoms with van der Waals surface area (Å²) in [5.41, 5.74) is 0.190. The van der Waals surface area contributed by atoms with Gasteiger partial charge in [-0.3, -0.25) is 0 Å². The third-order valence-electron chi connectivity index (χ3n) is 4.92. The number of aliphatic carboxylic acids is 1. The predicted octanol–water partition coefficient (Wildman–Crippen LogP) is 3.59. The van der Waals surface area contributed by atoms with Crippen molar-refractivity contribution in [3.63, 3.8) is 0 Å². The fraction of sp³-hybridized carbons (Fsp3) is 0.591. The van der Waals surface area contributed by atoms with Gasteiger partial charge in [0.1, 0.15) is 5.60 Å². The van der Waals surface area contributed by atoms with E-state index in [1.54, 1.807) is 37.8 Å². The number of hydrogen-bond donors (Lipinski definition) is 2. The SMILES string of the molecule is CC1CC(NC(=O)OC(C)(C)C)CC(C)N1C(=O)OC(Cc1ccccc1)C(=O)O. The predicted molar refractivity (Wildman–Crippen MR) is 111 cm³/mol. The third kappa shape index (κ3) is 6.93. The average molecular weight is 421 g/mol. The highest BCUT2D eigenvalue weighted by Gasteiger charge is 2.37. The van der Waals surface area contributed by atoms with Crippen molar-refractivity contribution >= 4 is 18.2 Å². The van der Waals surface area contributed by atoms with Crippen LogP contribution in [0.2, 0.25) is 0 Å². The van der Waals surface area contributed by atoms with Gasteiger partial charge in [0.15, 0.2) is 0 Å². The van der Waals surface area contributed by atoms with Gasteiger partial charge in [-0.05, 0) is 53.0 Å². The molecule has 0 aliphatic carbocycles. The second-order valence-electron chi connectivity index (χ2n) is 8.82. The Hall–Kier alpha value is -2.77. The molecule has 2 amide bonds. The first-order chi connectivity index (χ1) is 14.0. The van der Waals surface area contributed by atoms with Crippen molar-refractivity contribution in [1.82, 2.24) is 10.2 Å². The Morgan fingerprint density at radius 3 is 2.20 bits per heavy atom. The van der Waals surface area contributed by atoms with Crippen LogP contribution in [0, 0.1) is 0 Å². The summed E-state index contributed by atoms with van der Waals surface area (Å²) in [6.45, 7) is 9.10. The number of benzene rings is 1. The van der Waals surface area contributed by atoms with Gasteiger partial charge in [0.25, 0.3) is 0 Å². The second-order valence-corrected chi connectivity index (χ2v) is 8.82. The van der Waals surface area contributed by atoms with Crippen LogP contribution in [-0.4, -0.2) is 58.0 Å². The zero-order chi connectivity index (χ0) is 22.5. The van der Waals surface area contributed by atoms with Crippen LogP contribution >= 0.6 is 0 Å². The van der Waals surface area contributed by atoms with Gasteiger partial charge < -0.3 is 24.8 Å². The summed E-state index contributed by atoms with van der Waals surface area (Å²) in [5.74, 6) is -1.19. The Kier molecular flexibility index (Phi) is 7.70. The molecule has 1 saturated heterocycles. The van der Waals surface area contributed by atoms with Crippen LogP contribution in [0.5, 0.6) is 0 Å². The van der Waals surface area contributed by atoms with Gasteiger partial charge in [0, 0.05) is 24.5 Å². The number of piperidine rings is 1. The first kappa shape index (κ1) is 23.5. The summed E-state index contributed by atoms with van der Waals surface area (Å²) in [6, 6.07) is 8.44. The maximum absolute atomic E-state index is 12.8. The number of ether oxygens (including phenoxy) is 2. The first-order valence-electron chi connectivity index (χ1n) is 10.2. The Balaban J connectivity index is 1.97. The molecule has 1 aromatic rings. The number of carbonyl (C=O) groups excluding carboxylic acids is 2. The Morgan fingerprint density at radius 2 is 1.70 bits per heavy atom. The van der Waals surface area contributed by atoms with Crippen molar-refractivity contribution < 1.29 is 29.0 Å². The van der Waals surface area contributed by atoms with Gasteiger partial charge in [0.05, 0.1) is 0 Å². The molecule has 1 fully saturated rings. The summed E-state index contributed by atoms with van der Waals surface area (Å²) in [7, 11) is 0. The number of rotatable bonds is 5. The lowest BCUT2D eigenvalue weighted by molar-refractivity contribution is -0.147. The number of carboxylic acid groups (broad SMARTS) is 1. The van der Waals surface area contributed by atoms with Crippen LogP contribution in [-0.2, 0) is 20.7 Å². The minimum Gasteiger partial charge on any atom is -0.478 e. The fourth-order valence-electron chi connectivity index (χ4n) is 3.72. The molecule has 3 unspecified atom stereocenters. The van der Waals surface area contributed by atoms with E-state index in [0.29, 0.717) is 12.8 Å². The highest BCUT2D eigenvalue weighted by Crippen LogP contribution is 2.25. The Morgan fingerprint density at radius 1 is 1.13 bits per heavy atom. The van der Waals surface area contributed by atoms with Gasteiger partial charge in [0.2, 0.25) is 6.10 Å². The van der Waals surface area contributed by atoms with E-state index >= 15 is 0 Å². The summed E-state index contributed by atoms with van der Waals surface area (Å²) in [4.78, 5) is 38.0. The first-order valence-corrected chi connectivity index (χ1v) is 10.2. The molecule has 1 heterocycles. The molecule has 30 heavy (non-hydrogen) atoms. The van der Waals surface area contributed by atoms with Gasteiger partial charge in [-0.1, -0.05) is 30.3 Å². The quantitative estimate of drug-likeness (QED) is 0.754. The normalized spacial score (nSPS) is 22.7. The van der Waals surface area contributed by atoms with Gasteiger partial charge >= 0.3 is 18.2 Å². The Labute approximate surface area is 177 Å². The minimum atomic E-state index is -1.27. The van der Waals surface area contributed by atoms with Crippen LogP contribution in [0.15, 0.2) is 30.3 Å². The number of nitrogens with zero attached hydrogens (tertiary/aromatic N) is 1. The second kappa shape index (κ2) is 9.82. The lowest BCUT2D eigenvalue weighted by atomic mass is 9.93. The molecule has 1 aromatic carbocycles. The standard InChI is InChI=1S/C22H32N2O6/c1-14-11-17(23-20(27)30-22(3,4)5)12-15(2)24(14)21(28)29-18(19(25)26)13-16-9-7-6-8-10-16/h6-10,14-15,17-18H,11-13H2,1-5H3,(H,23,27)(H,25,26). The molecule has 2 rings (SSSR count). The molecule has 8 nitrogen and oxygen atoms in total. The smallest absolute Gasteiger partial charge is 0.411 e. The third-order valence-corrected chi connectivity index (χ3v) is 4.92. The summed E-state index contributed by atoms with van der Waals surface area (Å²) >= 11 is 0. The number of carboxylic acids is 1. The lowest BCUT2D eigenvalue weighted by Gasteiger charge is -2.42. The number of alkyl carbamates (subject to hydrolysis) is 1. The number of carbonyl (C=O) groups is 3. The molecule has 1 aliphatic heterocycles. The highest BCUT2D eigenvalue weighted by atomic mass is 16.6. The Bertz CT molecular complexity index is 734. The van der Waals surface area contributed by atoms with E-state index in [1.165, 1.54) is 0 Å². The summed E-state index contributed by atoms with van der Waals surface area (Å²) < 4.78 is 10.7. The van der Waals surface area contributed by atoms with Crippen LogP contribution in [0.1, 0.15) is 53.0 Å². The molecule has 8 heteroatoms. The van der Waals surface area contributed by atoms with E-state index in [1.807, 2.05) is 32.0 Å². The van der Waals surface area contributed by atoms with Crippen LogP contribution in [0.4, 0.5) is 9.59 Å². The summed E-state index contributed by atoms with van der Waals surface area (Å²) in [6.07, 6.45) is -1.27. The van der Waals surface area contributed by atoms with Gasteiger partial charge in [-0.2, -0.15) is 0 Å². The maximum Gasteiger partial charge on any atom is 0.411 e. The summed E-state index contributed by atoms with van der Waals surface area (Å²) in [5, 5.41) is 12.3. The topological polar surface area (TPSA) is 105 Å². The van der Waals surface area contributed by atoms with E-state index in [2.05, 4.69) is 5.32 Å². The molecule has 0 spiro atoms. The molecule has 3 atom stereocenters. The van der Waals surface area contributed by atoms with Gasteiger partial charge in [-0.15, -0.1) is 0 Å². The molecule has 0 aromatic heterocycles. The maximum atomic E-state index is 12.8. The average Bonchev–Trinajstić information content (AvgIpc) is 2.59. The number of likely N-dealkylation sites (tertiary alicyclic amines) is 1. The van der Waals surface area contributed by atoms with Crippen molar-refractivity contribution in [3.8, 4) is 0 Å². The molecule has 0 bridgehead atoms. The minimum absolute atomic E-state index is 0.0986. The molecule has 2 N–H and O–H groups in total. The zero-order valence-electron chi connectivity index (χ0n) is 18.3. The van der Waals surface area contributed by atoms with Crippen molar-refractivity contribution in [1.29, 1.82) is 0 Å². The van der Waals surface area contributed by atoms with Crippen molar-refractivity contribution in [2.24, 2.45) is 0 Å². The molecular formula is C22H32N2O6. The zero-order valence-corrected chi connectivity index (χ0v) is 18.3. The van der Waals surface area contributed by atoms with Crippen LogP contribution < -0.4 is 5.32 Å². The van der Waals surface area contributed by atoms with Gasteiger partial charge in [-0.25, -0.2) is 14.4 Å². The van der Waals surface area contributed by atoms with E-state index in [-0.39, 0.29) is 24.5 Å². The van der Waals surface area contributed by atoms with E-state index in [4.69, 9.17) is 9.47 Å². The molecule has 0 saturated carbocycles. The van der Waals surface area contributed by atoms with Crippen LogP contribution in [0.25, 0.3) is 0 Å². The number of hydrogen-bond acceptors (Lipinski definition) is 5. The van der Waals surface area contributed by atoms with E-state index in [9.17, 15) is 19.5 Å². The van der Waals surface area contributed by atoms with Crippen molar-refractivity contribution in [2.45, 2.75) is 83.7 Å². The van der Waals surface area contributed by atoms with Crippen molar-refractivity contribution in [3.05, 3.63) is 35.9 Å². The monoisotopic (exact) mass is 420 g/mol. The molecule has 0 radical (unpaired) electrons. The number of nitrogens with one attached hydrogen (secondary N) is 1. The molecular weight excluding hydrogens is 388 g/mol. The number of amides is 2.